The van der Waals surface area contributed by atoms with Gasteiger partial charge in [0.05, 0.1) is 24.0 Å². The molecule has 1 saturated heterocycles. The summed E-state index contributed by atoms with van der Waals surface area (Å²) in [7, 11) is 2.04. The van der Waals surface area contributed by atoms with E-state index in [1.165, 1.54) is 39.2 Å². The van der Waals surface area contributed by atoms with E-state index in [4.69, 9.17) is 16.6 Å². The van der Waals surface area contributed by atoms with Gasteiger partial charge in [-0.2, -0.15) is 0 Å². The summed E-state index contributed by atoms with van der Waals surface area (Å²) in [5, 5.41) is 19.0. The maximum absolute atomic E-state index is 10.00. The monoisotopic (exact) mass is 521 g/mol. The van der Waals surface area contributed by atoms with E-state index in [1.807, 2.05) is 27.8 Å². The van der Waals surface area contributed by atoms with Gasteiger partial charge in [-0.1, -0.05) is 81.5 Å². The van der Waals surface area contributed by atoms with Gasteiger partial charge in [0.25, 0.3) is 0 Å². The molecule has 0 saturated carbocycles. The van der Waals surface area contributed by atoms with Crippen molar-refractivity contribution in [3.63, 3.8) is 0 Å². The molecule has 0 bridgehead atoms. The van der Waals surface area contributed by atoms with Crippen LogP contribution in [-0.2, 0) is 4.79 Å². The maximum atomic E-state index is 10.00. The van der Waals surface area contributed by atoms with Gasteiger partial charge in [0.1, 0.15) is 6.17 Å². The molecule has 3 unspecified atom stereocenters. The Bertz CT molecular complexity index is 1090. The number of rotatable bonds is 6. The van der Waals surface area contributed by atoms with Crippen LogP contribution in [0.3, 0.4) is 0 Å². The normalized spacial score (nSPS) is 19.2. The fourth-order valence-electron chi connectivity index (χ4n) is 4.43. The minimum absolute atomic E-state index is 0.0521. The van der Waals surface area contributed by atoms with Crippen molar-refractivity contribution in [1.82, 2.24) is 16.0 Å². The first kappa shape index (κ1) is 32.6. The summed E-state index contributed by atoms with van der Waals surface area (Å²) in [4.78, 5) is 10.00. The summed E-state index contributed by atoms with van der Waals surface area (Å²) in [6, 6.07) is 15.2. The predicted molar refractivity (Wildman–Crippen MR) is 160 cm³/mol. The zero-order valence-electron chi connectivity index (χ0n) is 23.8. The Morgan fingerprint density at radius 1 is 1.08 bits per heavy atom. The van der Waals surface area contributed by atoms with Gasteiger partial charge in [-0.3, -0.25) is 4.79 Å². The van der Waals surface area contributed by atoms with Crippen LogP contribution in [0.4, 0.5) is 0 Å². The molecule has 7 nitrogen and oxygen atoms in total. The SMILES string of the molecule is C/C=C1/NC(c2cccc3c2-c2ccccc2C3NC)N/C1=C/CC.C=CC.CC.NC(=O)CC(N)CO. The highest BCUT2D eigenvalue weighted by Crippen LogP contribution is 2.46. The van der Waals surface area contributed by atoms with Crippen molar-refractivity contribution in [3.05, 3.63) is 95.4 Å². The summed E-state index contributed by atoms with van der Waals surface area (Å²) in [5.74, 6) is -0.480. The molecule has 208 valence electrons. The molecule has 0 aromatic heterocycles. The Balaban J connectivity index is 0.000000470. The molecule has 1 fully saturated rings. The first-order chi connectivity index (χ1) is 18.4. The van der Waals surface area contributed by atoms with E-state index in [9.17, 15) is 4.79 Å². The summed E-state index contributed by atoms with van der Waals surface area (Å²) in [6.45, 7) is 13.3. The number of amides is 1. The van der Waals surface area contributed by atoms with Gasteiger partial charge < -0.3 is 32.5 Å². The number of aliphatic hydroxyl groups is 1. The lowest BCUT2D eigenvalue weighted by atomic mass is 9.97. The predicted octanol–water partition coefficient (Wildman–Crippen LogP) is 4.76. The Hall–Kier alpha value is -3.39. The smallest absolute Gasteiger partial charge is 0.219 e. The molecule has 38 heavy (non-hydrogen) atoms. The molecule has 1 aliphatic heterocycles. The van der Waals surface area contributed by atoms with Crippen LogP contribution in [0.1, 0.15) is 76.4 Å². The molecule has 1 heterocycles. The second kappa shape index (κ2) is 17.2. The molecule has 1 amide bonds. The molecule has 0 radical (unpaired) electrons. The third-order valence-electron chi connectivity index (χ3n) is 5.87. The highest BCUT2D eigenvalue weighted by molar-refractivity contribution is 5.81. The lowest BCUT2D eigenvalue weighted by Gasteiger charge is -2.18. The zero-order valence-corrected chi connectivity index (χ0v) is 23.8. The van der Waals surface area contributed by atoms with Crippen LogP contribution in [0.15, 0.2) is 78.7 Å². The number of hydrogen-bond donors (Lipinski definition) is 6. The molecule has 8 N–H and O–H groups in total. The third-order valence-corrected chi connectivity index (χ3v) is 5.87. The number of benzene rings is 2. The second-order valence-electron chi connectivity index (χ2n) is 8.59. The number of aliphatic hydroxyl groups excluding tert-OH is 1. The summed E-state index contributed by atoms with van der Waals surface area (Å²) in [6.07, 6.45) is 7.31. The molecule has 1 aliphatic carbocycles. The van der Waals surface area contributed by atoms with Crippen LogP contribution in [-0.4, -0.2) is 30.7 Å². The number of primary amides is 1. The number of carbonyl (C=O) groups excluding carboxylic acids is 1. The number of carbonyl (C=O) groups is 1. The molecule has 7 heteroatoms. The molecule has 2 aromatic carbocycles. The molecule has 0 spiro atoms. The van der Waals surface area contributed by atoms with Crippen molar-refractivity contribution in [1.29, 1.82) is 0 Å². The molecule has 4 rings (SSSR count). The van der Waals surface area contributed by atoms with Crippen molar-refractivity contribution in [2.75, 3.05) is 13.7 Å². The van der Waals surface area contributed by atoms with Gasteiger partial charge in [-0.25, -0.2) is 0 Å². The van der Waals surface area contributed by atoms with E-state index in [0.717, 1.165) is 6.42 Å². The van der Waals surface area contributed by atoms with Crippen LogP contribution in [0.5, 0.6) is 0 Å². The average Bonchev–Trinajstić information content (AvgIpc) is 3.49. The van der Waals surface area contributed by atoms with Crippen molar-refractivity contribution >= 4 is 5.91 Å². The van der Waals surface area contributed by atoms with Crippen LogP contribution in [0.2, 0.25) is 0 Å². The summed E-state index contributed by atoms with van der Waals surface area (Å²) >= 11 is 0. The molecule has 3 atom stereocenters. The average molecular weight is 522 g/mol. The van der Waals surface area contributed by atoms with Gasteiger partial charge in [0.15, 0.2) is 0 Å². The van der Waals surface area contributed by atoms with E-state index in [1.54, 1.807) is 6.08 Å². The molecule has 2 aromatic rings. The molecular weight excluding hydrogens is 474 g/mol. The van der Waals surface area contributed by atoms with Crippen molar-refractivity contribution in [2.45, 2.75) is 65.7 Å². The fourth-order valence-corrected chi connectivity index (χ4v) is 4.43. The number of fused-ring (bicyclic) bond motifs is 3. The standard InChI is InChI=1S/C22H25N3.C4H10N2O2.C3H6.C2H6/c1-4-9-19-18(5-2)24-22(25-19)17-13-8-12-16-20(17)14-10-6-7-11-15(14)21(16)23-3;5-3(2-7)1-4(6)8;1-3-2;1-2/h5-13,21-25H,4H2,1-3H3;3,7H,1-2,5H2,(H2,6,8);3H,1H2,2H3;1-2H3/b18-5+,19-9+;;;. The van der Waals surface area contributed by atoms with Crippen molar-refractivity contribution in [2.24, 2.45) is 11.5 Å². The number of hydrogen-bond acceptors (Lipinski definition) is 6. The minimum atomic E-state index is -0.493. The Morgan fingerprint density at radius 2 is 1.66 bits per heavy atom. The van der Waals surface area contributed by atoms with E-state index < -0.39 is 11.9 Å². The number of nitrogens with two attached hydrogens (primary N) is 2. The summed E-state index contributed by atoms with van der Waals surface area (Å²) < 4.78 is 0. The van der Waals surface area contributed by atoms with E-state index in [2.05, 4.69) is 91.0 Å². The number of allylic oxidation sites excluding steroid dienone is 3. The Morgan fingerprint density at radius 3 is 2.18 bits per heavy atom. The first-order valence-corrected chi connectivity index (χ1v) is 13.4. The van der Waals surface area contributed by atoms with Gasteiger partial charge in [-0.15, -0.1) is 6.58 Å². The van der Waals surface area contributed by atoms with Gasteiger partial charge in [0.2, 0.25) is 5.91 Å². The number of nitrogens with one attached hydrogen (secondary N) is 3. The highest BCUT2D eigenvalue weighted by atomic mass is 16.3. The van der Waals surface area contributed by atoms with Gasteiger partial charge >= 0.3 is 0 Å². The molecular formula is C31H47N5O2. The first-order valence-electron chi connectivity index (χ1n) is 13.4. The fraction of sp³-hybridized carbons (Fsp3) is 0.387. The highest BCUT2D eigenvalue weighted by Gasteiger charge is 2.33. The van der Waals surface area contributed by atoms with Gasteiger partial charge in [0, 0.05) is 18.0 Å². The van der Waals surface area contributed by atoms with Crippen LogP contribution >= 0.6 is 0 Å². The lowest BCUT2D eigenvalue weighted by Crippen LogP contribution is -2.30. The molecule has 2 aliphatic rings. The lowest BCUT2D eigenvalue weighted by molar-refractivity contribution is -0.118. The topological polar surface area (TPSA) is 125 Å². The van der Waals surface area contributed by atoms with E-state index >= 15 is 0 Å². The quantitative estimate of drug-likeness (QED) is 0.304. The second-order valence-corrected chi connectivity index (χ2v) is 8.59. The Kier molecular flexibility index (Phi) is 14.8. The van der Waals surface area contributed by atoms with Crippen LogP contribution in [0, 0.1) is 0 Å². The maximum Gasteiger partial charge on any atom is 0.219 e. The van der Waals surface area contributed by atoms with Crippen LogP contribution < -0.4 is 27.4 Å². The van der Waals surface area contributed by atoms with Crippen molar-refractivity contribution < 1.29 is 9.90 Å². The Labute approximate surface area is 229 Å². The van der Waals surface area contributed by atoms with E-state index in [0.29, 0.717) is 0 Å². The zero-order chi connectivity index (χ0) is 28.7. The van der Waals surface area contributed by atoms with E-state index in [-0.39, 0.29) is 25.2 Å². The summed E-state index contributed by atoms with van der Waals surface area (Å²) in [5.41, 5.74) is 19.0. The minimum Gasteiger partial charge on any atom is -0.395 e. The van der Waals surface area contributed by atoms with Crippen molar-refractivity contribution in [3.8, 4) is 11.1 Å². The van der Waals surface area contributed by atoms with Crippen LogP contribution in [0.25, 0.3) is 11.1 Å². The third kappa shape index (κ3) is 8.31. The largest absolute Gasteiger partial charge is 0.395 e. The van der Waals surface area contributed by atoms with Gasteiger partial charge in [-0.05, 0) is 49.6 Å².